The first kappa shape index (κ1) is 12.9. The van der Waals surface area contributed by atoms with Gasteiger partial charge < -0.3 is 0 Å². The van der Waals surface area contributed by atoms with Gasteiger partial charge in [-0.1, -0.05) is 11.6 Å². The molecule has 7 nitrogen and oxygen atoms in total. The Kier molecular flexibility index (Phi) is 3.90. The fourth-order valence-electron chi connectivity index (χ4n) is 1.30. The van der Waals surface area contributed by atoms with Gasteiger partial charge in [-0.05, 0) is 12.1 Å². The van der Waals surface area contributed by atoms with E-state index < -0.39 is 10.0 Å². The molecule has 2 N–H and O–H groups in total. The van der Waals surface area contributed by atoms with E-state index in [4.69, 9.17) is 11.6 Å². The van der Waals surface area contributed by atoms with Crippen LogP contribution in [-0.4, -0.2) is 35.1 Å². The van der Waals surface area contributed by atoms with E-state index in [1.54, 1.807) is 0 Å². The van der Waals surface area contributed by atoms with E-state index in [1.807, 2.05) is 0 Å². The minimum absolute atomic E-state index is 0.0377. The highest BCUT2D eigenvalue weighted by atomic mass is 35.5. The average molecular weight is 288 g/mol. The quantitative estimate of drug-likeness (QED) is 0.774. The maximum atomic E-state index is 11.9. The molecule has 18 heavy (non-hydrogen) atoms. The summed E-state index contributed by atoms with van der Waals surface area (Å²) in [7, 11) is -3.65. The lowest BCUT2D eigenvalue weighted by atomic mass is 10.4. The van der Waals surface area contributed by atoms with Crippen LogP contribution in [0.4, 0.5) is 0 Å². The van der Waals surface area contributed by atoms with Crippen molar-refractivity contribution >= 4 is 21.6 Å². The van der Waals surface area contributed by atoms with Crippen molar-refractivity contribution in [3.8, 4) is 0 Å². The highest BCUT2D eigenvalue weighted by Gasteiger charge is 2.17. The zero-order chi connectivity index (χ0) is 13.0. The number of rotatable bonds is 5. The number of nitrogens with zero attached hydrogens (tertiary/aromatic N) is 3. The second-order valence-electron chi connectivity index (χ2n) is 3.37. The number of aromatic amines is 1. The van der Waals surface area contributed by atoms with Crippen LogP contribution in [0, 0.1) is 0 Å². The van der Waals surface area contributed by atoms with Gasteiger partial charge in [0.15, 0.2) is 0 Å². The second-order valence-corrected chi connectivity index (χ2v) is 5.47. The summed E-state index contributed by atoms with van der Waals surface area (Å²) < 4.78 is 26.2. The van der Waals surface area contributed by atoms with Gasteiger partial charge >= 0.3 is 0 Å². The van der Waals surface area contributed by atoms with Gasteiger partial charge in [0.1, 0.15) is 22.2 Å². The summed E-state index contributed by atoms with van der Waals surface area (Å²) in [5.74, 6) is 0.606. The Balaban J connectivity index is 2.02. The van der Waals surface area contributed by atoms with E-state index in [0.29, 0.717) is 12.2 Å². The molecule has 0 aliphatic carbocycles. The molecular weight excluding hydrogens is 278 g/mol. The molecule has 0 unspecified atom stereocenters. The number of halogens is 1. The fourth-order valence-corrected chi connectivity index (χ4v) is 2.79. The molecule has 0 aromatic carbocycles. The third-order valence-electron chi connectivity index (χ3n) is 2.13. The molecule has 0 saturated carbocycles. The van der Waals surface area contributed by atoms with Crippen molar-refractivity contribution in [2.24, 2.45) is 0 Å². The predicted octanol–water partition coefficient (Wildman–Crippen LogP) is 0.374. The summed E-state index contributed by atoms with van der Waals surface area (Å²) in [4.78, 5) is 7.57. The van der Waals surface area contributed by atoms with Crippen LogP contribution < -0.4 is 4.72 Å². The predicted molar refractivity (Wildman–Crippen MR) is 64.5 cm³/mol. The van der Waals surface area contributed by atoms with Crippen LogP contribution in [0.15, 0.2) is 29.6 Å². The monoisotopic (exact) mass is 287 g/mol. The number of aromatic nitrogens is 4. The molecule has 0 fully saturated rings. The summed E-state index contributed by atoms with van der Waals surface area (Å²) in [5, 5.41) is 6.25. The average Bonchev–Trinajstić information content (AvgIpc) is 2.82. The molecule has 0 aliphatic rings. The van der Waals surface area contributed by atoms with Gasteiger partial charge in [-0.25, -0.2) is 23.1 Å². The summed E-state index contributed by atoms with van der Waals surface area (Å²) in [6.45, 7) is 0.197. The molecule has 0 amide bonds. The Morgan fingerprint density at radius 2 is 2.22 bits per heavy atom. The Bertz CT molecular complexity index is 614. The molecule has 9 heteroatoms. The molecule has 2 rings (SSSR count). The minimum atomic E-state index is -3.65. The van der Waals surface area contributed by atoms with Crippen molar-refractivity contribution in [3.05, 3.63) is 35.6 Å². The van der Waals surface area contributed by atoms with E-state index >= 15 is 0 Å². The van der Waals surface area contributed by atoms with Crippen molar-refractivity contribution in [3.63, 3.8) is 0 Å². The second kappa shape index (κ2) is 5.42. The first-order valence-corrected chi connectivity index (χ1v) is 6.90. The lowest BCUT2D eigenvalue weighted by Crippen LogP contribution is -2.26. The van der Waals surface area contributed by atoms with E-state index in [2.05, 4.69) is 24.9 Å². The van der Waals surface area contributed by atoms with Crippen molar-refractivity contribution in [2.45, 2.75) is 11.3 Å². The SMILES string of the molecule is O=S(=O)(NCCc1ncn[nH]1)c1cccnc1Cl. The topological polar surface area (TPSA) is 101 Å². The van der Waals surface area contributed by atoms with Gasteiger partial charge in [-0.2, -0.15) is 5.10 Å². The molecule has 2 heterocycles. The Morgan fingerprint density at radius 1 is 1.39 bits per heavy atom. The van der Waals surface area contributed by atoms with E-state index in [0.717, 1.165) is 0 Å². The van der Waals surface area contributed by atoms with Gasteiger partial charge in [-0.15, -0.1) is 0 Å². The molecule has 96 valence electrons. The van der Waals surface area contributed by atoms with Crippen LogP contribution in [0.1, 0.15) is 5.82 Å². The first-order chi connectivity index (χ1) is 8.59. The van der Waals surface area contributed by atoms with Gasteiger partial charge in [0.05, 0.1) is 0 Å². The minimum Gasteiger partial charge on any atom is -0.263 e. The highest BCUT2D eigenvalue weighted by molar-refractivity contribution is 7.89. The molecule has 2 aromatic heterocycles. The van der Waals surface area contributed by atoms with Crippen molar-refractivity contribution in [2.75, 3.05) is 6.54 Å². The van der Waals surface area contributed by atoms with Gasteiger partial charge in [-0.3, -0.25) is 5.10 Å². The normalized spacial score (nSPS) is 11.6. The van der Waals surface area contributed by atoms with E-state index in [-0.39, 0.29) is 16.6 Å². The molecule has 0 radical (unpaired) electrons. The number of sulfonamides is 1. The maximum absolute atomic E-state index is 11.9. The van der Waals surface area contributed by atoms with Crippen molar-refractivity contribution in [1.82, 2.24) is 24.9 Å². The molecule has 0 saturated heterocycles. The third-order valence-corrected chi connectivity index (χ3v) is 4.04. The summed E-state index contributed by atoms with van der Waals surface area (Å²) in [5.41, 5.74) is 0. The highest BCUT2D eigenvalue weighted by Crippen LogP contribution is 2.17. The molecule has 2 aromatic rings. The number of H-pyrrole nitrogens is 1. The van der Waals surface area contributed by atoms with Crippen molar-refractivity contribution < 1.29 is 8.42 Å². The van der Waals surface area contributed by atoms with E-state index in [9.17, 15) is 8.42 Å². The largest absolute Gasteiger partial charge is 0.263 e. The van der Waals surface area contributed by atoms with Gasteiger partial charge in [0.25, 0.3) is 0 Å². The lowest BCUT2D eigenvalue weighted by molar-refractivity contribution is 0.580. The molecule has 0 atom stereocenters. The zero-order valence-electron chi connectivity index (χ0n) is 9.17. The van der Waals surface area contributed by atoms with Gasteiger partial charge in [0.2, 0.25) is 10.0 Å². The molecular formula is C9H10ClN5O2S. The summed E-state index contributed by atoms with van der Waals surface area (Å²) in [6, 6.07) is 2.91. The maximum Gasteiger partial charge on any atom is 0.243 e. The van der Waals surface area contributed by atoms with Crippen LogP contribution >= 0.6 is 11.6 Å². The number of pyridine rings is 1. The van der Waals surface area contributed by atoms with Gasteiger partial charge in [0, 0.05) is 19.2 Å². The Labute approximate surface area is 109 Å². The number of nitrogens with one attached hydrogen (secondary N) is 2. The molecule has 0 bridgehead atoms. The van der Waals surface area contributed by atoms with Crippen molar-refractivity contribution in [1.29, 1.82) is 0 Å². The van der Waals surface area contributed by atoms with Crippen LogP contribution in [0.5, 0.6) is 0 Å². The summed E-state index contributed by atoms with van der Waals surface area (Å²) >= 11 is 5.73. The standard InChI is InChI=1S/C9H10ClN5O2S/c10-9-7(2-1-4-11-9)18(16,17)14-5-3-8-12-6-13-15-8/h1-2,4,6,14H,3,5H2,(H,12,13,15). The zero-order valence-corrected chi connectivity index (χ0v) is 10.7. The van der Waals surface area contributed by atoms with Crippen LogP contribution in [0.25, 0.3) is 0 Å². The lowest BCUT2D eigenvalue weighted by Gasteiger charge is -2.06. The number of hydrogen-bond acceptors (Lipinski definition) is 5. The van der Waals surface area contributed by atoms with Crippen LogP contribution in [-0.2, 0) is 16.4 Å². The number of hydrogen-bond donors (Lipinski definition) is 2. The Hall–Kier alpha value is -1.51. The summed E-state index contributed by atoms with van der Waals surface area (Å²) in [6.07, 6.45) is 3.20. The molecule has 0 spiro atoms. The Morgan fingerprint density at radius 3 is 2.89 bits per heavy atom. The smallest absolute Gasteiger partial charge is 0.243 e. The van der Waals surface area contributed by atoms with Crippen LogP contribution in [0.3, 0.4) is 0 Å². The molecule has 0 aliphatic heterocycles. The third kappa shape index (κ3) is 3.03. The first-order valence-electron chi connectivity index (χ1n) is 5.04. The van der Waals surface area contributed by atoms with Crippen LogP contribution in [0.2, 0.25) is 5.15 Å². The fraction of sp³-hybridized carbons (Fsp3) is 0.222. The van der Waals surface area contributed by atoms with E-state index in [1.165, 1.54) is 24.7 Å².